The van der Waals surface area contributed by atoms with E-state index >= 15 is 0 Å². The molecule has 0 aliphatic heterocycles. The van der Waals surface area contributed by atoms with Crippen molar-refractivity contribution in [2.24, 2.45) is 0 Å². The molecular formula is C18H16ClN3O. The zero-order valence-corrected chi connectivity index (χ0v) is 13.3. The van der Waals surface area contributed by atoms with E-state index in [1.807, 2.05) is 61.5 Å². The van der Waals surface area contributed by atoms with Crippen LogP contribution in [-0.4, -0.2) is 16.1 Å². The van der Waals surface area contributed by atoms with Gasteiger partial charge in [0.2, 0.25) is 0 Å². The minimum atomic E-state index is -0.216. The molecule has 0 radical (unpaired) electrons. The molecule has 5 heteroatoms. The Hall–Kier alpha value is -2.59. The first-order valence-corrected chi connectivity index (χ1v) is 7.69. The Morgan fingerprint density at radius 1 is 1.13 bits per heavy atom. The van der Waals surface area contributed by atoms with Gasteiger partial charge in [-0.25, -0.2) is 0 Å². The molecule has 0 aliphatic carbocycles. The highest BCUT2D eigenvalue weighted by molar-refractivity contribution is 6.31. The zero-order valence-electron chi connectivity index (χ0n) is 12.6. The second-order valence-corrected chi connectivity index (χ2v) is 5.66. The van der Waals surface area contributed by atoms with Crippen molar-refractivity contribution < 1.29 is 4.79 Å². The summed E-state index contributed by atoms with van der Waals surface area (Å²) >= 11 is 6.16. The third-order valence-electron chi connectivity index (χ3n) is 3.61. The number of amides is 1. The summed E-state index contributed by atoms with van der Waals surface area (Å²) in [5.41, 5.74) is 3.00. The van der Waals surface area contributed by atoms with Crippen LogP contribution >= 0.6 is 11.6 Å². The summed E-state index contributed by atoms with van der Waals surface area (Å²) in [4.78, 5) is 12.4. The molecule has 0 unspecified atom stereocenters. The quantitative estimate of drug-likeness (QED) is 0.754. The van der Waals surface area contributed by atoms with Crippen molar-refractivity contribution in [2.45, 2.75) is 13.0 Å². The minimum absolute atomic E-state index is 0.195. The molecule has 1 atom stereocenters. The zero-order chi connectivity index (χ0) is 16.2. The molecule has 2 N–H and O–H groups in total. The lowest BCUT2D eigenvalue weighted by atomic mass is 10.1. The standard InChI is InChI=1S/C18H16ClN3O/c1-12(14-9-5-6-10-15(14)19)20-18(23)17-11-16(21-22-17)13-7-3-2-4-8-13/h2-12H,1H3,(H,20,23)(H,21,22)/t12-/m1/s1. The predicted octanol–water partition coefficient (Wildman–Crippen LogP) is 4.22. The number of H-pyrrole nitrogens is 1. The van der Waals surface area contributed by atoms with Crippen molar-refractivity contribution >= 4 is 17.5 Å². The van der Waals surface area contributed by atoms with E-state index in [1.165, 1.54) is 0 Å². The van der Waals surface area contributed by atoms with Crippen LogP contribution in [0.5, 0.6) is 0 Å². The molecule has 1 amide bonds. The van der Waals surface area contributed by atoms with E-state index in [0.29, 0.717) is 10.7 Å². The molecule has 1 heterocycles. The first-order chi connectivity index (χ1) is 11.1. The number of hydrogen-bond donors (Lipinski definition) is 2. The predicted molar refractivity (Wildman–Crippen MR) is 91.4 cm³/mol. The third-order valence-corrected chi connectivity index (χ3v) is 3.96. The fourth-order valence-electron chi connectivity index (χ4n) is 2.37. The monoisotopic (exact) mass is 325 g/mol. The summed E-state index contributed by atoms with van der Waals surface area (Å²) in [6, 6.07) is 18.7. The van der Waals surface area contributed by atoms with E-state index in [2.05, 4.69) is 15.5 Å². The number of carbonyl (C=O) groups is 1. The van der Waals surface area contributed by atoms with Crippen molar-refractivity contribution in [1.82, 2.24) is 15.5 Å². The van der Waals surface area contributed by atoms with Gasteiger partial charge in [-0.05, 0) is 24.6 Å². The second kappa shape index (κ2) is 6.67. The average molecular weight is 326 g/mol. The van der Waals surface area contributed by atoms with Gasteiger partial charge in [0.25, 0.3) is 5.91 Å². The fourth-order valence-corrected chi connectivity index (χ4v) is 2.67. The van der Waals surface area contributed by atoms with Crippen LogP contribution in [0, 0.1) is 0 Å². The lowest BCUT2D eigenvalue weighted by molar-refractivity contribution is 0.0935. The van der Waals surface area contributed by atoms with Crippen molar-refractivity contribution in [3.63, 3.8) is 0 Å². The van der Waals surface area contributed by atoms with Crippen LogP contribution < -0.4 is 5.32 Å². The molecule has 0 spiro atoms. The van der Waals surface area contributed by atoms with Gasteiger partial charge in [0.05, 0.1) is 11.7 Å². The van der Waals surface area contributed by atoms with E-state index in [4.69, 9.17) is 11.6 Å². The molecule has 0 saturated carbocycles. The summed E-state index contributed by atoms with van der Waals surface area (Å²) in [7, 11) is 0. The highest BCUT2D eigenvalue weighted by Gasteiger charge is 2.16. The molecule has 0 bridgehead atoms. The first-order valence-electron chi connectivity index (χ1n) is 7.31. The summed E-state index contributed by atoms with van der Waals surface area (Å²) in [6.45, 7) is 1.90. The Labute approximate surface area is 139 Å². The van der Waals surface area contributed by atoms with Gasteiger partial charge in [0, 0.05) is 10.6 Å². The number of nitrogens with zero attached hydrogens (tertiary/aromatic N) is 1. The molecule has 3 rings (SSSR count). The Bertz CT molecular complexity index is 814. The van der Waals surface area contributed by atoms with Gasteiger partial charge < -0.3 is 5.32 Å². The van der Waals surface area contributed by atoms with E-state index in [1.54, 1.807) is 6.07 Å². The molecule has 116 valence electrons. The first kappa shape index (κ1) is 15.3. The second-order valence-electron chi connectivity index (χ2n) is 5.25. The average Bonchev–Trinajstić information content (AvgIpc) is 3.06. The van der Waals surface area contributed by atoms with E-state index in [0.717, 1.165) is 16.8 Å². The Morgan fingerprint density at radius 2 is 1.83 bits per heavy atom. The minimum Gasteiger partial charge on any atom is -0.344 e. The van der Waals surface area contributed by atoms with Crippen molar-refractivity contribution in [1.29, 1.82) is 0 Å². The van der Waals surface area contributed by atoms with Gasteiger partial charge >= 0.3 is 0 Å². The lowest BCUT2D eigenvalue weighted by Crippen LogP contribution is -2.27. The van der Waals surface area contributed by atoms with Crippen LogP contribution in [0.1, 0.15) is 29.0 Å². The molecular weight excluding hydrogens is 310 g/mol. The van der Waals surface area contributed by atoms with Crippen LogP contribution in [0.4, 0.5) is 0 Å². The molecule has 2 aromatic carbocycles. The highest BCUT2D eigenvalue weighted by atomic mass is 35.5. The van der Waals surface area contributed by atoms with E-state index < -0.39 is 0 Å². The maximum absolute atomic E-state index is 12.4. The van der Waals surface area contributed by atoms with Crippen LogP contribution in [0.15, 0.2) is 60.7 Å². The van der Waals surface area contributed by atoms with Gasteiger partial charge in [-0.2, -0.15) is 5.10 Å². The molecule has 4 nitrogen and oxygen atoms in total. The van der Waals surface area contributed by atoms with Crippen LogP contribution in [0.25, 0.3) is 11.3 Å². The number of hydrogen-bond acceptors (Lipinski definition) is 2. The number of benzene rings is 2. The maximum atomic E-state index is 12.4. The highest BCUT2D eigenvalue weighted by Crippen LogP contribution is 2.23. The molecule has 0 fully saturated rings. The largest absolute Gasteiger partial charge is 0.344 e. The number of rotatable bonds is 4. The van der Waals surface area contributed by atoms with Gasteiger partial charge in [-0.15, -0.1) is 0 Å². The third kappa shape index (κ3) is 3.43. The lowest BCUT2D eigenvalue weighted by Gasteiger charge is -2.14. The number of halogens is 1. The topological polar surface area (TPSA) is 57.8 Å². The summed E-state index contributed by atoms with van der Waals surface area (Å²) in [5.74, 6) is -0.216. The molecule has 0 saturated heterocycles. The fraction of sp³-hybridized carbons (Fsp3) is 0.111. The molecule has 3 aromatic rings. The molecule has 0 aliphatic rings. The molecule has 1 aromatic heterocycles. The Balaban J connectivity index is 1.74. The molecule has 23 heavy (non-hydrogen) atoms. The summed E-state index contributed by atoms with van der Waals surface area (Å²) in [6.07, 6.45) is 0. The maximum Gasteiger partial charge on any atom is 0.269 e. The number of carbonyl (C=O) groups excluding carboxylic acids is 1. The van der Waals surface area contributed by atoms with Gasteiger partial charge in [-0.3, -0.25) is 9.89 Å². The summed E-state index contributed by atoms with van der Waals surface area (Å²) in [5, 5.41) is 10.5. The van der Waals surface area contributed by atoms with Crippen molar-refractivity contribution in [3.8, 4) is 11.3 Å². The smallest absolute Gasteiger partial charge is 0.269 e. The van der Waals surface area contributed by atoms with Gasteiger partial charge in [-0.1, -0.05) is 60.1 Å². The Kier molecular flexibility index (Phi) is 4.44. The van der Waals surface area contributed by atoms with Crippen LogP contribution in [-0.2, 0) is 0 Å². The number of aromatic nitrogens is 2. The van der Waals surface area contributed by atoms with Crippen molar-refractivity contribution in [3.05, 3.63) is 76.9 Å². The number of nitrogens with one attached hydrogen (secondary N) is 2. The van der Waals surface area contributed by atoms with Crippen molar-refractivity contribution in [2.75, 3.05) is 0 Å². The number of aromatic amines is 1. The van der Waals surface area contributed by atoms with Crippen LogP contribution in [0.2, 0.25) is 5.02 Å². The van der Waals surface area contributed by atoms with Gasteiger partial charge in [0.15, 0.2) is 0 Å². The normalized spacial score (nSPS) is 11.9. The van der Waals surface area contributed by atoms with E-state index in [-0.39, 0.29) is 11.9 Å². The SMILES string of the molecule is C[C@@H](NC(=O)c1cc(-c2ccccc2)n[nH]1)c1ccccc1Cl. The van der Waals surface area contributed by atoms with Crippen LogP contribution in [0.3, 0.4) is 0 Å². The Morgan fingerprint density at radius 3 is 2.57 bits per heavy atom. The van der Waals surface area contributed by atoms with E-state index in [9.17, 15) is 4.79 Å². The van der Waals surface area contributed by atoms with Gasteiger partial charge in [0.1, 0.15) is 5.69 Å². The summed E-state index contributed by atoms with van der Waals surface area (Å²) < 4.78 is 0.